The summed E-state index contributed by atoms with van der Waals surface area (Å²) in [6.45, 7) is 0. The molecular formula is C13H16ClN3S. The Hall–Kier alpha value is -0.920. The van der Waals surface area contributed by atoms with Crippen LogP contribution in [0.5, 0.6) is 0 Å². The fourth-order valence-electron chi connectivity index (χ4n) is 2.37. The molecule has 1 saturated carbocycles. The van der Waals surface area contributed by atoms with E-state index in [1.807, 2.05) is 11.8 Å². The van der Waals surface area contributed by atoms with E-state index < -0.39 is 0 Å². The third-order valence-corrected chi connectivity index (χ3v) is 4.63. The van der Waals surface area contributed by atoms with Crippen molar-refractivity contribution in [2.75, 3.05) is 11.6 Å². The Morgan fingerprint density at radius 2 is 2.22 bits per heavy atom. The first kappa shape index (κ1) is 13.5. The lowest BCUT2D eigenvalue weighted by molar-refractivity contribution is 0.474. The highest BCUT2D eigenvalue weighted by molar-refractivity contribution is 7.99. The summed E-state index contributed by atoms with van der Waals surface area (Å²) in [7, 11) is 0. The minimum absolute atomic E-state index is 0.369. The summed E-state index contributed by atoms with van der Waals surface area (Å²) >= 11 is 7.81. The molecule has 1 aliphatic rings. The van der Waals surface area contributed by atoms with E-state index in [0.717, 1.165) is 6.42 Å². The van der Waals surface area contributed by atoms with Crippen molar-refractivity contribution in [2.24, 2.45) is 0 Å². The molecule has 96 valence electrons. The summed E-state index contributed by atoms with van der Waals surface area (Å²) in [4.78, 5) is 4.24. The molecule has 0 amide bonds. The third-order valence-electron chi connectivity index (χ3n) is 3.26. The summed E-state index contributed by atoms with van der Waals surface area (Å²) in [6, 6.07) is 5.87. The van der Waals surface area contributed by atoms with Gasteiger partial charge in [-0.2, -0.15) is 17.0 Å². The number of hydrogen-bond acceptors (Lipinski definition) is 4. The number of halogens is 1. The molecule has 2 rings (SSSR count). The third kappa shape index (κ3) is 3.30. The Bertz CT molecular complexity index is 458. The average molecular weight is 282 g/mol. The molecule has 1 heterocycles. The minimum Gasteiger partial charge on any atom is -0.366 e. The van der Waals surface area contributed by atoms with Gasteiger partial charge in [0.05, 0.1) is 11.6 Å². The molecule has 3 nitrogen and oxygen atoms in total. The van der Waals surface area contributed by atoms with Crippen molar-refractivity contribution in [3.8, 4) is 6.07 Å². The van der Waals surface area contributed by atoms with Crippen LogP contribution in [-0.4, -0.2) is 22.5 Å². The normalized spacial score (nSPS) is 23.4. The second-order valence-electron chi connectivity index (χ2n) is 4.49. The highest BCUT2D eigenvalue weighted by Gasteiger charge is 2.24. The van der Waals surface area contributed by atoms with Crippen LogP contribution in [0.15, 0.2) is 12.1 Å². The van der Waals surface area contributed by atoms with Crippen LogP contribution >= 0.6 is 23.4 Å². The standard InChI is InChI=1S/C13H16ClN3S/c1-18-11-5-3-2-4-10(11)16-13-7-9(8-15)6-12(14)17-13/h6-7,10-11H,2-5H2,1H3,(H,16,17). The summed E-state index contributed by atoms with van der Waals surface area (Å²) < 4.78 is 0. The number of anilines is 1. The van der Waals surface area contributed by atoms with Gasteiger partial charge < -0.3 is 5.32 Å². The maximum absolute atomic E-state index is 8.92. The molecule has 1 aromatic rings. The van der Waals surface area contributed by atoms with Gasteiger partial charge in [0.1, 0.15) is 11.0 Å². The Morgan fingerprint density at radius 3 is 2.94 bits per heavy atom. The second kappa shape index (κ2) is 6.31. The van der Waals surface area contributed by atoms with Crippen LogP contribution < -0.4 is 5.32 Å². The number of aromatic nitrogens is 1. The number of rotatable bonds is 3. The Morgan fingerprint density at radius 1 is 1.44 bits per heavy atom. The molecule has 0 aromatic carbocycles. The van der Waals surface area contributed by atoms with Crippen LogP contribution in [0.2, 0.25) is 5.15 Å². The molecule has 1 fully saturated rings. The smallest absolute Gasteiger partial charge is 0.132 e. The molecule has 2 atom stereocenters. The van der Waals surface area contributed by atoms with Gasteiger partial charge in [-0.05, 0) is 31.2 Å². The zero-order valence-corrected chi connectivity index (χ0v) is 11.9. The molecule has 1 aromatic heterocycles. The van der Waals surface area contributed by atoms with E-state index in [0.29, 0.717) is 27.8 Å². The summed E-state index contributed by atoms with van der Waals surface area (Å²) in [5.41, 5.74) is 0.550. The van der Waals surface area contributed by atoms with Crippen molar-refractivity contribution in [1.29, 1.82) is 5.26 Å². The van der Waals surface area contributed by atoms with Crippen LogP contribution in [-0.2, 0) is 0 Å². The predicted molar refractivity (Wildman–Crippen MR) is 77.1 cm³/mol. The molecule has 5 heteroatoms. The maximum Gasteiger partial charge on any atom is 0.132 e. The van der Waals surface area contributed by atoms with E-state index in [-0.39, 0.29) is 0 Å². The molecular weight excluding hydrogens is 266 g/mol. The molecule has 1 N–H and O–H groups in total. The molecule has 18 heavy (non-hydrogen) atoms. The average Bonchev–Trinajstić information content (AvgIpc) is 2.38. The van der Waals surface area contributed by atoms with Gasteiger partial charge in [0.25, 0.3) is 0 Å². The van der Waals surface area contributed by atoms with Crippen LogP contribution in [0.4, 0.5) is 5.82 Å². The van der Waals surface area contributed by atoms with Gasteiger partial charge in [-0.15, -0.1) is 0 Å². The zero-order valence-electron chi connectivity index (χ0n) is 10.3. The van der Waals surface area contributed by atoms with E-state index in [1.165, 1.54) is 19.3 Å². The number of nitrogens with one attached hydrogen (secondary N) is 1. The Labute approximate surface area is 117 Å². The second-order valence-corrected chi connectivity index (χ2v) is 5.95. The molecule has 2 unspecified atom stereocenters. The minimum atomic E-state index is 0.369. The Kier molecular flexibility index (Phi) is 4.73. The van der Waals surface area contributed by atoms with Gasteiger partial charge in [-0.25, -0.2) is 4.98 Å². The predicted octanol–water partition coefficient (Wildman–Crippen LogP) is 3.69. The highest BCUT2D eigenvalue weighted by Crippen LogP contribution is 2.29. The van der Waals surface area contributed by atoms with Crippen molar-refractivity contribution >= 4 is 29.2 Å². The number of nitrogens with zero attached hydrogens (tertiary/aromatic N) is 2. The summed E-state index contributed by atoms with van der Waals surface area (Å²) in [6.07, 6.45) is 7.10. The van der Waals surface area contributed by atoms with Crippen molar-refractivity contribution in [2.45, 2.75) is 37.0 Å². The number of pyridine rings is 1. The van der Waals surface area contributed by atoms with Gasteiger partial charge in [-0.1, -0.05) is 24.4 Å². The summed E-state index contributed by atoms with van der Waals surface area (Å²) in [5.74, 6) is 0.713. The first-order valence-corrected chi connectivity index (χ1v) is 7.76. The lowest BCUT2D eigenvalue weighted by Gasteiger charge is -2.31. The lowest BCUT2D eigenvalue weighted by Crippen LogP contribution is -2.34. The summed E-state index contributed by atoms with van der Waals surface area (Å²) in [5, 5.41) is 13.3. The molecule has 0 radical (unpaired) electrons. The topological polar surface area (TPSA) is 48.7 Å². The van der Waals surface area contributed by atoms with Crippen LogP contribution in [0.1, 0.15) is 31.2 Å². The number of thioether (sulfide) groups is 1. The zero-order chi connectivity index (χ0) is 13.0. The molecule has 0 aliphatic heterocycles. The van der Waals surface area contributed by atoms with Gasteiger partial charge in [0.15, 0.2) is 0 Å². The van der Waals surface area contributed by atoms with E-state index in [1.54, 1.807) is 12.1 Å². The van der Waals surface area contributed by atoms with E-state index >= 15 is 0 Å². The monoisotopic (exact) mass is 281 g/mol. The van der Waals surface area contributed by atoms with Gasteiger partial charge >= 0.3 is 0 Å². The molecule has 1 aliphatic carbocycles. The Balaban J connectivity index is 2.12. The fourth-order valence-corrected chi connectivity index (χ4v) is 3.51. The van der Waals surface area contributed by atoms with E-state index in [4.69, 9.17) is 16.9 Å². The first-order valence-electron chi connectivity index (χ1n) is 6.10. The molecule has 0 saturated heterocycles. The van der Waals surface area contributed by atoms with Crippen molar-refractivity contribution in [3.05, 3.63) is 22.8 Å². The van der Waals surface area contributed by atoms with Crippen LogP contribution in [0.3, 0.4) is 0 Å². The SMILES string of the molecule is CSC1CCCCC1Nc1cc(C#N)cc(Cl)n1. The van der Waals surface area contributed by atoms with Crippen molar-refractivity contribution in [3.63, 3.8) is 0 Å². The van der Waals surface area contributed by atoms with Gasteiger partial charge in [0.2, 0.25) is 0 Å². The van der Waals surface area contributed by atoms with Crippen molar-refractivity contribution < 1.29 is 0 Å². The maximum atomic E-state index is 8.92. The van der Waals surface area contributed by atoms with Crippen LogP contribution in [0.25, 0.3) is 0 Å². The fraction of sp³-hybridized carbons (Fsp3) is 0.538. The van der Waals surface area contributed by atoms with Gasteiger partial charge in [0, 0.05) is 11.3 Å². The van der Waals surface area contributed by atoms with Crippen molar-refractivity contribution in [1.82, 2.24) is 4.98 Å². The molecule has 0 bridgehead atoms. The van der Waals surface area contributed by atoms with Gasteiger partial charge in [-0.3, -0.25) is 0 Å². The van der Waals surface area contributed by atoms with E-state index in [9.17, 15) is 0 Å². The van der Waals surface area contributed by atoms with Crippen LogP contribution in [0, 0.1) is 11.3 Å². The first-order chi connectivity index (χ1) is 8.72. The lowest BCUT2D eigenvalue weighted by atomic mass is 9.95. The number of nitriles is 1. The number of hydrogen-bond donors (Lipinski definition) is 1. The quantitative estimate of drug-likeness (QED) is 0.859. The van der Waals surface area contributed by atoms with E-state index in [2.05, 4.69) is 22.6 Å². The molecule has 0 spiro atoms. The largest absolute Gasteiger partial charge is 0.366 e. The highest BCUT2D eigenvalue weighted by atomic mass is 35.5.